The molecule has 0 amide bonds. The second-order valence-electron chi connectivity index (χ2n) is 7.71. The summed E-state index contributed by atoms with van der Waals surface area (Å²) < 4.78 is 0. The van der Waals surface area contributed by atoms with Gasteiger partial charge in [0.2, 0.25) is 5.95 Å². The van der Waals surface area contributed by atoms with Crippen molar-refractivity contribution in [3.05, 3.63) is 95.6 Å². The standard InChI is InChI=1S/C25H24N4/c1-18-16-29(17-20-11-5-6-12-21(18)20)25-27-23-14-8-7-13-22(23)24(28-25)26-15-19-9-3-2-4-10-19/h2-14,18H,15-17H2,1H3,(H,26,27,28). The van der Waals surface area contributed by atoms with E-state index < -0.39 is 0 Å². The van der Waals surface area contributed by atoms with Crippen LogP contribution in [0, 0.1) is 0 Å². The van der Waals surface area contributed by atoms with Gasteiger partial charge in [-0.2, -0.15) is 4.98 Å². The van der Waals surface area contributed by atoms with Gasteiger partial charge in [0, 0.05) is 25.0 Å². The highest BCUT2D eigenvalue weighted by molar-refractivity contribution is 5.90. The zero-order valence-corrected chi connectivity index (χ0v) is 16.5. The van der Waals surface area contributed by atoms with Crippen molar-refractivity contribution in [2.75, 3.05) is 16.8 Å². The maximum absolute atomic E-state index is 4.95. The summed E-state index contributed by atoms with van der Waals surface area (Å²) in [4.78, 5) is 12.1. The number of anilines is 2. The first kappa shape index (κ1) is 17.7. The van der Waals surface area contributed by atoms with Crippen molar-refractivity contribution in [2.45, 2.75) is 25.9 Å². The van der Waals surface area contributed by atoms with E-state index in [0.717, 1.165) is 42.3 Å². The van der Waals surface area contributed by atoms with Gasteiger partial charge < -0.3 is 10.2 Å². The average Bonchev–Trinajstić information content (AvgIpc) is 2.78. The van der Waals surface area contributed by atoms with Gasteiger partial charge in [-0.3, -0.25) is 0 Å². The molecule has 1 atom stereocenters. The SMILES string of the molecule is CC1CN(c2nc(NCc3ccccc3)c3ccccc3n2)Cc2ccccc21. The lowest BCUT2D eigenvalue weighted by Gasteiger charge is -2.33. The zero-order chi connectivity index (χ0) is 19.6. The third-order valence-corrected chi connectivity index (χ3v) is 5.62. The summed E-state index contributed by atoms with van der Waals surface area (Å²) in [6.07, 6.45) is 0. The van der Waals surface area contributed by atoms with Crippen molar-refractivity contribution < 1.29 is 0 Å². The fraction of sp³-hybridized carbons (Fsp3) is 0.200. The Hall–Kier alpha value is -3.40. The minimum atomic E-state index is 0.454. The second kappa shape index (κ2) is 7.55. The van der Waals surface area contributed by atoms with Crippen LogP contribution < -0.4 is 10.2 Å². The summed E-state index contributed by atoms with van der Waals surface area (Å²) in [6, 6.07) is 27.3. The van der Waals surface area contributed by atoms with Crippen molar-refractivity contribution in [3.63, 3.8) is 0 Å². The maximum Gasteiger partial charge on any atom is 0.228 e. The molecular weight excluding hydrogens is 356 g/mol. The molecule has 0 saturated heterocycles. The molecule has 1 N–H and O–H groups in total. The lowest BCUT2D eigenvalue weighted by Crippen LogP contribution is -2.34. The Morgan fingerprint density at radius 1 is 0.897 bits per heavy atom. The number of rotatable bonds is 4. The number of nitrogens with zero attached hydrogens (tertiary/aromatic N) is 3. The van der Waals surface area contributed by atoms with E-state index in [1.165, 1.54) is 16.7 Å². The van der Waals surface area contributed by atoms with Gasteiger partial charge in [0.15, 0.2) is 0 Å². The molecule has 0 aliphatic carbocycles. The molecule has 1 aliphatic rings. The molecule has 0 spiro atoms. The summed E-state index contributed by atoms with van der Waals surface area (Å²) in [6.45, 7) is 4.78. The van der Waals surface area contributed by atoms with Crippen LogP contribution in [0.25, 0.3) is 10.9 Å². The van der Waals surface area contributed by atoms with Crippen LogP contribution in [-0.2, 0) is 13.1 Å². The summed E-state index contributed by atoms with van der Waals surface area (Å²) in [5, 5.41) is 4.59. The van der Waals surface area contributed by atoms with Crippen LogP contribution in [0.1, 0.15) is 29.5 Å². The van der Waals surface area contributed by atoms with Crippen LogP contribution in [0.4, 0.5) is 11.8 Å². The Kier molecular flexibility index (Phi) is 4.60. The molecule has 5 rings (SSSR count). The number of benzene rings is 3. The van der Waals surface area contributed by atoms with Crippen LogP contribution in [0.3, 0.4) is 0 Å². The zero-order valence-electron chi connectivity index (χ0n) is 16.5. The second-order valence-corrected chi connectivity index (χ2v) is 7.71. The van der Waals surface area contributed by atoms with Crippen LogP contribution in [0.15, 0.2) is 78.9 Å². The number of nitrogens with one attached hydrogen (secondary N) is 1. The molecule has 0 fully saturated rings. The van der Waals surface area contributed by atoms with E-state index in [2.05, 4.69) is 77.8 Å². The van der Waals surface area contributed by atoms with Gasteiger partial charge in [-0.15, -0.1) is 0 Å². The molecular formula is C25H24N4. The van der Waals surface area contributed by atoms with E-state index in [9.17, 15) is 0 Å². The smallest absolute Gasteiger partial charge is 0.228 e. The minimum absolute atomic E-state index is 0.454. The van der Waals surface area contributed by atoms with E-state index in [1.54, 1.807) is 0 Å². The van der Waals surface area contributed by atoms with Crippen LogP contribution in [0.5, 0.6) is 0 Å². The number of aromatic nitrogens is 2. The number of fused-ring (bicyclic) bond motifs is 2. The molecule has 0 saturated carbocycles. The molecule has 4 aromatic rings. The molecule has 0 bridgehead atoms. The molecule has 29 heavy (non-hydrogen) atoms. The van der Waals surface area contributed by atoms with Gasteiger partial charge in [0.25, 0.3) is 0 Å². The molecule has 1 aliphatic heterocycles. The highest BCUT2D eigenvalue weighted by Gasteiger charge is 2.24. The number of hydrogen-bond donors (Lipinski definition) is 1. The van der Waals surface area contributed by atoms with E-state index in [4.69, 9.17) is 9.97 Å². The van der Waals surface area contributed by atoms with Gasteiger partial charge >= 0.3 is 0 Å². The monoisotopic (exact) mass is 380 g/mol. The van der Waals surface area contributed by atoms with E-state index in [-0.39, 0.29) is 0 Å². The van der Waals surface area contributed by atoms with E-state index in [1.807, 2.05) is 18.2 Å². The van der Waals surface area contributed by atoms with Crippen molar-refractivity contribution in [2.24, 2.45) is 0 Å². The first-order chi connectivity index (χ1) is 14.3. The van der Waals surface area contributed by atoms with Crippen molar-refractivity contribution in [1.29, 1.82) is 0 Å². The maximum atomic E-state index is 4.95. The third kappa shape index (κ3) is 3.54. The van der Waals surface area contributed by atoms with Gasteiger partial charge in [-0.1, -0.05) is 73.7 Å². The van der Waals surface area contributed by atoms with Gasteiger partial charge in [0.05, 0.1) is 5.52 Å². The van der Waals surface area contributed by atoms with Gasteiger partial charge in [0.1, 0.15) is 5.82 Å². The van der Waals surface area contributed by atoms with Crippen molar-refractivity contribution in [3.8, 4) is 0 Å². The number of para-hydroxylation sites is 1. The molecule has 4 heteroatoms. The van der Waals surface area contributed by atoms with Gasteiger partial charge in [-0.05, 0) is 34.7 Å². The Morgan fingerprint density at radius 3 is 2.55 bits per heavy atom. The topological polar surface area (TPSA) is 41.1 Å². The molecule has 3 aromatic carbocycles. The quantitative estimate of drug-likeness (QED) is 0.517. The molecule has 0 radical (unpaired) electrons. The molecule has 1 aromatic heterocycles. The first-order valence-electron chi connectivity index (χ1n) is 10.2. The first-order valence-corrected chi connectivity index (χ1v) is 10.2. The van der Waals surface area contributed by atoms with Crippen molar-refractivity contribution >= 4 is 22.7 Å². The third-order valence-electron chi connectivity index (χ3n) is 5.62. The molecule has 4 nitrogen and oxygen atoms in total. The molecule has 1 unspecified atom stereocenters. The summed E-state index contributed by atoms with van der Waals surface area (Å²) in [5.41, 5.74) is 5.01. The van der Waals surface area contributed by atoms with E-state index >= 15 is 0 Å². The lowest BCUT2D eigenvalue weighted by atomic mass is 9.91. The fourth-order valence-corrected chi connectivity index (χ4v) is 4.13. The normalized spacial score (nSPS) is 15.9. The largest absolute Gasteiger partial charge is 0.365 e. The predicted octanol–water partition coefficient (Wildman–Crippen LogP) is 5.37. The van der Waals surface area contributed by atoms with Crippen molar-refractivity contribution in [1.82, 2.24) is 9.97 Å². The highest BCUT2D eigenvalue weighted by atomic mass is 15.3. The van der Waals surface area contributed by atoms with Crippen LogP contribution in [0.2, 0.25) is 0 Å². The Balaban J connectivity index is 1.50. The Labute approximate surface area is 171 Å². The Morgan fingerprint density at radius 2 is 1.66 bits per heavy atom. The van der Waals surface area contributed by atoms with Crippen LogP contribution >= 0.6 is 0 Å². The predicted molar refractivity (Wildman–Crippen MR) is 119 cm³/mol. The highest BCUT2D eigenvalue weighted by Crippen LogP contribution is 2.31. The average molecular weight is 380 g/mol. The summed E-state index contributed by atoms with van der Waals surface area (Å²) in [5.74, 6) is 2.14. The Bertz CT molecular complexity index is 1140. The summed E-state index contributed by atoms with van der Waals surface area (Å²) >= 11 is 0. The van der Waals surface area contributed by atoms with Gasteiger partial charge in [-0.25, -0.2) is 4.98 Å². The van der Waals surface area contributed by atoms with E-state index in [0.29, 0.717) is 5.92 Å². The molecule has 144 valence electrons. The minimum Gasteiger partial charge on any atom is -0.365 e. The fourth-order valence-electron chi connectivity index (χ4n) is 4.13. The lowest BCUT2D eigenvalue weighted by molar-refractivity contribution is 0.627. The molecule has 2 heterocycles. The number of hydrogen-bond acceptors (Lipinski definition) is 4. The summed E-state index contributed by atoms with van der Waals surface area (Å²) in [7, 11) is 0. The van der Waals surface area contributed by atoms with Crippen LogP contribution in [-0.4, -0.2) is 16.5 Å².